The molecule has 0 bridgehead atoms. The van der Waals surface area contributed by atoms with Gasteiger partial charge in [0.2, 0.25) is 0 Å². The molecule has 94 valence electrons. The van der Waals surface area contributed by atoms with Crippen LogP contribution in [0, 0.1) is 0 Å². The van der Waals surface area contributed by atoms with Gasteiger partial charge in [-0.25, -0.2) is 0 Å². The maximum Gasteiger partial charge on any atom is 0.0783 e. The largest absolute Gasteiger partial charge is 0.388 e. The van der Waals surface area contributed by atoms with Gasteiger partial charge in [0, 0.05) is 0 Å². The lowest BCUT2D eigenvalue weighted by molar-refractivity contribution is 0.0517. The van der Waals surface area contributed by atoms with E-state index in [2.05, 4.69) is 12.1 Å². The van der Waals surface area contributed by atoms with Gasteiger partial charge in [-0.2, -0.15) is 0 Å². The van der Waals surface area contributed by atoms with Gasteiger partial charge in [0.25, 0.3) is 0 Å². The van der Waals surface area contributed by atoms with E-state index in [-0.39, 0.29) is 6.04 Å². The van der Waals surface area contributed by atoms with Gasteiger partial charge in [0.1, 0.15) is 0 Å². The average Bonchev–Trinajstić information content (AvgIpc) is 2.38. The van der Waals surface area contributed by atoms with Crippen molar-refractivity contribution in [2.24, 2.45) is 5.73 Å². The Labute approximate surface area is 108 Å². The first-order valence-corrected chi connectivity index (χ1v) is 6.12. The molecule has 0 aliphatic carbocycles. The fraction of sp³-hybridized carbons (Fsp3) is 0.250. The number of hydrogen-bond donors (Lipinski definition) is 2. The van der Waals surface area contributed by atoms with Crippen LogP contribution in [0.4, 0.5) is 0 Å². The lowest BCUT2D eigenvalue weighted by Crippen LogP contribution is -2.34. The molecule has 0 radical (unpaired) electrons. The van der Waals surface area contributed by atoms with Crippen molar-refractivity contribution >= 4 is 0 Å². The molecule has 0 aliphatic heterocycles. The predicted molar refractivity (Wildman–Crippen MR) is 75.1 cm³/mol. The monoisotopic (exact) mass is 241 g/mol. The molecule has 0 saturated carbocycles. The van der Waals surface area contributed by atoms with Gasteiger partial charge in [-0.15, -0.1) is 0 Å². The molecule has 1 atom stereocenters. The van der Waals surface area contributed by atoms with E-state index in [1.165, 1.54) is 5.56 Å². The second-order valence-corrected chi connectivity index (χ2v) is 5.12. The van der Waals surface area contributed by atoms with Crippen molar-refractivity contribution in [2.45, 2.75) is 25.5 Å². The van der Waals surface area contributed by atoms with Gasteiger partial charge >= 0.3 is 0 Å². The fourth-order valence-electron chi connectivity index (χ4n) is 1.92. The third kappa shape index (κ3) is 2.78. The molecule has 0 spiro atoms. The first-order chi connectivity index (χ1) is 8.48. The zero-order valence-corrected chi connectivity index (χ0v) is 10.8. The summed E-state index contributed by atoms with van der Waals surface area (Å²) in [4.78, 5) is 0. The molecule has 3 N–H and O–H groups in total. The molecule has 18 heavy (non-hydrogen) atoms. The molecule has 0 aliphatic rings. The molecule has 2 heteroatoms. The molecular formula is C16H19NO. The van der Waals surface area contributed by atoms with E-state index < -0.39 is 5.60 Å². The fourth-order valence-corrected chi connectivity index (χ4v) is 1.92. The molecule has 0 amide bonds. The minimum Gasteiger partial charge on any atom is -0.388 e. The lowest BCUT2D eigenvalue weighted by Gasteiger charge is -2.26. The van der Waals surface area contributed by atoms with Gasteiger partial charge < -0.3 is 10.8 Å². The van der Waals surface area contributed by atoms with Gasteiger partial charge in [-0.05, 0) is 30.5 Å². The summed E-state index contributed by atoms with van der Waals surface area (Å²) in [6.07, 6.45) is 0. The van der Waals surface area contributed by atoms with Gasteiger partial charge in [0.15, 0.2) is 0 Å². The van der Waals surface area contributed by atoms with Crippen LogP contribution in [-0.4, -0.2) is 10.7 Å². The maximum atomic E-state index is 9.90. The van der Waals surface area contributed by atoms with Gasteiger partial charge in [0.05, 0.1) is 11.6 Å². The smallest absolute Gasteiger partial charge is 0.0783 e. The molecule has 2 nitrogen and oxygen atoms in total. The number of rotatable bonds is 3. The molecule has 0 aromatic heterocycles. The Hall–Kier alpha value is -1.64. The summed E-state index contributed by atoms with van der Waals surface area (Å²) in [6, 6.07) is 17.8. The SMILES string of the molecule is CC(C)(O)C(N)c1ccc(-c2ccccc2)cc1. The van der Waals surface area contributed by atoms with E-state index in [0.717, 1.165) is 11.1 Å². The highest BCUT2D eigenvalue weighted by molar-refractivity contribution is 5.63. The minimum atomic E-state index is -0.908. The van der Waals surface area contributed by atoms with Crippen LogP contribution in [0.1, 0.15) is 25.5 Å². The summed E-state index contributed by atoms with van der Waals surface area (Å²) in [5.74, 6) is 0. The second kappa shape index (κ2) is 4.92. The van der Waals surface area contributed by atoms with Crippen molar-refractivity contribution in [1.82, 2.24) is 0 Å². The number of nitrogens with two attached hydrogens (primary N) is 1. The van der Waals surface area contributed by atoms with Gasteiger partial charge in [-0.3, -0.25) is 0 Å². The zero-order chi connectivity index (χ0) is 13.2. The summed E-state index contributed by atoms with van der Waals surface area (Å²) in [6.45, 7) is 3.45. The Bertz CT molecular complexity index is 497. The van der Waals surface area contributed by atoms with Gasteiger partial charge in [-0.1, -0.05) is 54.6 Å². The first-order valence-electron chi connectivity index (χ1n) is 6.12. The highest BCUT2D eigenvalue weighted by Gasteiger charge is 2.24. The maximum absolute atomic E-state index is 9.90. The normalized spacial score (nSPS) is 13.3. The molecule has 0 heterocycles. The molecule has 2 rings (SSSR count). The van der Waals surface area contributed by atoms with Crippen molar-refractivity contribution in [1.29, 1.82) is 0 Å². The molecule has 2 aromatic rings. The summed E-state index contributed by atoms with van der Waals surface area (Å²) in [5, 5.41) is 9.90. The van der Waals surface area contributed by atoms with Crippen LogP contribution in [0.5, 0.6) is 0 Å². The third-order valence-electron chi connectivity index (χ3n) is 3.14. The first kappa shape index (κ1) is 12.8. The zero-order valence-electron chi connectivity index (χ0n) is 10.8. The van der Waals surface area contributed by atoms with Crippen molar-refractivity contribution in [3.05, 3.63) is 60.2 Å². The predicted octanol–water partition coefficient (Wildman–Crippen LogP) is 3.12. The molecule has 1 unspecified atom stereocenters. The van der Waals surface area contributed by atoms with Crippen LogP contribution in [0.25, 0.3) is 11.1 Å². The summed E-state index contributed by atoms with van der Waals surface area (Å²) < 4.78 is 0. The molecule has 2 aromatic carbocycles. The molecule has 0 saturated heterocycles. The summed E-state index contributed by atoms with van der Waals surface area (Å²) in [7, 11) is 0. The van der Waals surface area contributed by atoms with E-state index >= 15 is 0 Å². The lowest BCUT2D eigenvalue weighted by atomic mass is 9.91. The topological polar surface area (TPSA) is 46.2 Å². The van der Waals surface area contributed by atoms with Crippen LogP contribution in [0.2, 0.25) is 0 Å². The average molecular weight is 241 g/mol. The Kier molecular flexibility index (Phi) is 3.50. The quantitative estimate of drug-likeness (QED) is 0.867. The van der Waals surface area contributed by atoms with E-state index in [1.807, 2.05) is 42.5 Å². The highest BCUT2D eigenvalue weighted by Crippen LogP contribution is 2.25. The van der Waals surface area contributed by atoms with E-state index in [0.29, 0.717) is 0 Å². The third-order valence-corrected chi connectivity index (χ3v) is 3.14. The van der Waals surface area contributed by atoms with Crippen molar-refractivity contribution in [3.63, 3.8) is 0 Å². The molecule has 0 fully saturated rings. The molecular weight excluding hydrogens is 222 g/mol. The van der Waals surface area contributed by atoms with E-state index in [1.54, 1.807) is 13.8 Å². The van der Waals surface area contributed by atoms with Crippen molar-refractivity contribution in [3.8, 4) is 11.1 Å². The van der Waals surface area contributed by atoms with Crippen LogP contribution >= 0.6 is 0 Å². The van der Waals surface area contributed by atoms with Crippen LogP contribution in [-0.2, 0) is 0 Å². The standard InChI is InChI=1S/C16H19NO/c1-16(2,18)15(17)14-10-8-13(9-11-14)12-6-4-3-5-7-12/h3-11,15,18H,17H2,1-2H3. The number of aliphatic hydroxyl groups is 1. The van der Waals surface area contributed by atoms with Crippen molar-refractivity contribution in [2.75, 3.05) is 0 Å². The van der Waals surface area contributed by atoms with Crippen molar-refractivity contribution < 1.29 is 5.11 Å². The Morgan fingerprint density at radius 2 is 1.39 bits per heavy atom. The number of benzene rings is 2. The summed E-state index contributed by atoms with van der Waals surface area (Å²) >= 11 is 0. The van der Waals surface area contributed by atoms with Crippen LogP contribution in [0.15, 0.2) is 54.6 Å². The Morgan fingerprint density at radius 3 is 1.89 bits per heavy atom. The van der Waals surface area contributed by atoms with Crippen LogP contribution < -0.4 is 5.73 Å². The van der Waals surface area contributed by atoms with E-state index in [9.17, 15) is 5.11 Å². The highest BCUT2D eigenvalue weighted by atomic mass is 16.3. The summed E-state index contributed by atoms with van der Waals surface area (Å²) in [5.41, 5.74) is 8.39. The Balaban J connectivity index is 2.26. The minimum absolute atomic E-state index is 0.373. The van der Waals surface area contributed by atoms with E-state index in [4.69, 9.17) is 5.73 Å². The Morgan fingerprint density at radius 1 is 0.889 bits per heavy atom. The second-order valence-electron chi connectivity index (χ2n) is 5.12. The van der Waals surface area contributed by atoms with Crippen LogP contribution in [0.3, 0.4) is 0 Å². The number of hydrogen-bond acceptors (Lipinski definition) is 2.